The molecule has 3 heterocycles. The van der Waals surface area contributed by atoms with Crippen LogP contribution in [0.15, 0.2) is 30.7 Å². The van der Waals surface area contributed by atoms with Gasteiger partial charge in [-0.2, -0.15) is 0 Å². The predicted molar refractivity (Wildman–Crippen MR) is 98.0 cm³/mol. The van der Waals surface area contributed by atoms with E-state index < -0.39 is 5.91 Å². The lowest BCUT2D eigenvalue weighted by Gasteiger charge is -2.30. The van der Waals surface area contributed by atoms with Crippen LogP contribution in [0.25, 0.3) is 11.3 Å². The Hall–Kier alpha value is -2.05. The Morgan fingerprint density at radius 1 is 1.32 bits per heavy atom. The van der Waals surface area contributed by atoms with Gasteiger partial charge >= 0.3 is 0 Å². The van der Waals surface area contributed by atoms with Crippen LogP contribution in [-0.4, -0.2) is 33.6 Å². The monoisotopic (exact) mass is 362 g/mol. The zero-order valence-electron chi connectivity index (χ0n) is 14.1. The molecule has 6 nitrogen and oxygen atoms in total. The largest absolute Gasteiger partial charge is 0.489 e. The van der Waals surface area contributed by atoms with Gasteiger partial charge in [0, 0.05) is 30.9 Å². The number of carbonyl (C=O) groups is 1. The average Bonchev–Trinajstić information content (AvgIpc) is 3.13. The average molecular weight is 363 g/mol. The van der Waals surface area contributed by atoms with Gasteiger partial charge in [-0.1, -0.05) is 0 Å². The van der Waals surface area contributed by atoms with Gasteiger partial charge in [-0.3, -0.25) is 4.79 Å². The van der Waals surface area contributed by atoms with Crippen molar-refractivity contribution in [3.63, 3.8) is 0 Å². The van der Waals surface area contributed by atoms with Crippen molar-refractivity contribution in [1.82, 2.24) is 14.9 Å². The number of ether oxygens (including phenoxy) is 1. The molecule has 0 radical (unpaired) electrons. The quantitative estimate of drug-likeness (QED) is 0.874. The summed E-state index contributed by atoms with van der Waals surface area (Å²) in [4.78, 5) is 16.2. The molecule has 2 unspecified atom stereocenters. The molecule has 2 aliphatic rings. The van der Waals surface area contributed by atoms with Crippen LogP contribution in [0.2, 0.25) is 0 Å². The third-order valence-corrected chi connectivity index (χ3v) is 4.97. The summed E-state index contributed by atoms with van der Waals surface area (Å²) in [7, 11) is 1.91. The van der Waals surface area contributed by atoms with Gasteiger partial charge in [0.2, 0.25) is 0 Å². The number of hydrogen-bond donors (Lipinski definition) is 2. The highest BCUT2D eigenvalue weighted by Crippen LogP contribution is 2.32. The van der Waals surface area contributed by atoms with Gasteiger partial charge < -0.3 is 20.4 Å². The number of amides is 1. The molecule has 2 fully saturated rings. The van der Waals surface area contributed by atoms with Crippen LogP contribution in [0.3, 0.4) is 0 Å². The molecular weight excluding hydrogens is 340 g/mol. The second-order valence-electron chi connectivity index (χ2n) is 6.85. The molecular formula is C18H23ClN4O2. The lowest BCUT2D eigenvalue weighted by molar-refractivity contribution is 0.0984. The first-order valence-electron chi connectivity index (χ1n) is 8.43. The number of benzene rings is 1. The van der Waals surface area contributed by atoms with Crippen molar-refractivity contribution in [3.05, 3.63) is 36.3 Å². The number of nitrogens with zero attached hydrogens (tertiary/aromatic N) is 2. The maximum absolute atomic E-state index is 11.9. The lowest BCUT2D eigenvalue weighted by Crippen LogP contribution is -2.42. The van der Waals surface area contributed by atoms with Gasteiger partial charge in [0.15, 0.2) is 0 Å². The molecule has 2 saturated heterocycles. The third kappa shape index (κ3) is 3.65. The highest BCUT2D eigenvalue weighted by Gasteiger charge is 2.34. The number of aryl methyl sites for hydroxylation is 1. The fourth-order valence-corrected chi connectivity index (χ4v) is 3.83. The zero-order chi connectivity index (χ0) is 16.7. The van der Waals surface area contributed by atoms with Gasteiger partial charge in [-0.15, -0.1) is 12.4 Å². The summed E-state index contributed by atoms with van der Waals surface area (Å²) in [5, 5.41) is 3.59. The summed E-state index contributed by atoms with van der Waals surface area (Å²) in [5.74, 6) is 0.105. The van der Waals surface area contributed by atoms with Crippen molar-refractivity contribution in [2.24, 2.45) is 12.8 Å². The van der Waals surface area contributed by atoms with E-state index in [-0.39, 0.29) is 18.5 Å². The van der Waals surface area contributed by atoms with Crippen molar-refractivity contribution in [2.75, 3.05) is 0 Å². The van der Waals surface area contributed by atoms with E-state index >= 15 is 0 Å². The van der Waals surface area contributed by atoms with E-state index in [2.05, 4.69) is 10.3 Å². The van der Waals surface area contributed by atoms with Gasteiger partial charge in [-0.25, -0.2) is 4.98 Å². The van der Waals surface area contributed by atoms with Crippen molar-refractivity contribution in [3.8, 4) is 17.0 Å². The van der Waals surface area contributed by atoms with Gasteiger partial charge in [-0.05, 0) is 43.9 Å². The highest BCUT2D eigenvalue weighted by molar-refractivity contribution is 5.96. The molecule has 4 rings (SSSR count). The molecule has 0 saturated carbocycles. The van der Waals surface area contributed by atoms with Gasteiger partial charge in [0.25, 0.3) is 5.91 Å². The summed E-state index contributed by atoms with van der Waals surface area (Å²) in [6.45, 7) is 0. The van der Waals surface area contributed by atoms with E-state index in [0.29, 0.717) is 23.4 Å². The molecule has 3 N–H and O–H groups in total. The zero-order valence-corrected chi connectivity index (χ0v) is 15.0. The van der Waals surface area contributed by atoms with E-state index in [1.165, 1.54) is 12.8 Å². The number of imidazole rings is 1. The second-order valence-corrected chi connectivity index (χ2v) is 6.85. The van der Waals surface area contributed by atoms with Gasteiger partial charge in [0.05, 0.1) is 17.6 Å². The van der Waals surface area contributed by atoms with E-state index in [4.69, 9.17) is 10.5 Å². The summed E-state index contributed by atoms with van der Waals surface area (Å²) >= 11 is 0. The van der Waals surface area contributed by atoms with Crippen molar-refractivity contribution in [2.45, 2.75) is 43.9 Å². The first-order valence-corrected chi connectivity index (χ1v) is 8.43. The standard InChI is InChI=1S/C18H22N4O2.ClH/c1-22-9-16(20-10-22)11-2-5-17(15(6-11)18(19)23)24-14-7-12-3-4-13(8-14)21-12;/h2,5-6,9-10,12-14,21H,3-4,7-8H2,1H3,(H2,19,23);1H. The minimum Gasteiger partial charge on any atom is -0.489 e. The second kappa shape index (κ2) is 7.06. The third-order valence-electron chi connectivity index (χ3n) is 4.97. The van der Waals surface area contributed by atoms with E-state index in [1.54, 1.807) is 12.4 Å². The molecule has 134 valence electrons. The van der Waals surface area contributed by atoms with Crippen LogP contribution in [0.5, 0.6) is 5.75 Å². The number of nitrogens with two attached hydrogens (primary N) is 1. The van der Waals surface area contributed by atoms with E-state index in [0.717, 1.165) is 24.1 Å². The maximum atomic E-state index is 11.9. The summed E-state index contributed by atoms with van der Waals surface area (Å²) in [6, 6.07) is 6.63. The SMILES string of the molecule is Cl.Cn1cnc(-c2ccc(OC3CC4CCC(C3)N4)c(C(N)=O)c2)c1. The van der Waals surface area contributed by atoms with Crippen molar-refractivity contribution in [1.29, 1.82) is 0 Å². The van der Waals surface area contributed by atoms with Crippen LogP contribution in [0, 0.1) is 0 Å². The molecule has 2 bridgehead atoms. The Bertz CT molecular complexity index is 764. The first-order chi connectivity index (χ1) is 11.6. The van der Waals surface area contributed by atoms with Gasteiger partial charge in [0.1, 0.15) is 11.9 Å². The predicted octanol–water partition coefficient (Wildman–Crippen LogP) is 2.27. The summed E-state index contributed by atoms with van der Waals surface area (Å²) in [5.41, 5.74) is 7.68. The number of aromatic nitrogens is 2. The molecule has 2 aromatic rings. The number of carbonyl (C=O) groups excluding carboxylic acids is 1. The Balaban J connectivity index is 0.00000182. The molecule has 1 aromatic carbocycles. The van der Waals surface area contributed by atoms with E-state index in [1.807, 2.05) is 29.9 Å². The van der Waals surface area contributed by atoms with Crippen LogP contribution in [0.4, 0.5) is 0 Å². The number of fused-ring (bicyclic) bond motifs is 2. The number of halogens is 1. The number of primary amides is 1. The highest BCUT2D eigenvalue weighted by atomic mass is 35.5. The van der Waals surface area contributed by atoms with Crippen molar-refractivity contribution < 1.29 is 9.53 Å². The number of nitrogens with one attached hydrogen (secondary N) is 1. The number of hydrogen-bond acceptors (Lipinski definition) is 4. The van der Waals surface area contributed by atoms with Crippen LogP contribution < -0.4 is 15.8 Å². The minimum absolute atomic E-state index is 0. The summed E-state index contributed by atoms with van der Waals surface area (Å²) < 4.78 is 8.03. The smallest absolute Gasteiger partial charge is 0.252 e. The molecule has 0 spiro atoms. The fraction of sp³-hybridized carbons (Fsp3) is 0.444. The molecule has 25 heavy (non-hydrogen) atoms. The lowest BCUT2D eigenvalue weighted by atomic mass is 10.0. The Labute approximate surface area is 153 Å². The van der Waals surface area contributed by atoms with E-state index in [9.17, 15) is 4.79 Å². The molecule has 2 atom stereocenters. The normalized spacial score (nSPS) is 24.6. The first kappa shape index (κ1) is 17.8. The number of rotatable bonds is 4. The molecule has 7 heteroatoms. The van der Waals surface area contributed by atoms with Crippen LogP contribution >= 0.6 is 12.4 Å². The summed E-state index contributed by atoms with van der Waals surface area (Å²) in [6.07, 6.45) is 8.17. The fourth-order valence-electron chi connectivity index (χ4n) is 3.83. The molecule has 2 aliphatic heterocycles. The molecule has 1 aromatic heterocycles. The Morgan fingerprint density at radius 2 is 2.04 bits per heavy atom. The Kier molecular flexibility index (Phi) is 5.01. The maximum Gasteiger partial charge on any atom is 0.252 e. The Morgan fingerprint density at radius 3 is 2.64 bits per heavy atom. The van der Waals surface area contributed by atoms with Crippen molar-refractivity contribution >= 4 is 18.3 Å². The topological polar surface area (TPSA) is 82.2 Å². The van der Waals surface area contributed by atoms with Crippen LogP contribution in [-0.2, 0) is 7.05 Å². The minimum atomic E-state index is -0.473. The number of piperidine rings is 1. The van der Waals surface area contributed by atoms with Crippen LogP contribution in [0.1, 0.15) is 36.0 Å². The molecule has 1 amide bonds. The molecule has 0 aliphatic carbocycles.